The molecule has 3 heterocycles. The van der Waals surface area contributed by atoms with Gasteiger partial charge >= 0.3 is 0 Å². The van der Waals surface area contributed by atoms with Crippen LogP contribution < -0.4 is 10.5 Å². The monoisotopic (exact) mass is 571 g/mol. The smallest absolute Gasteiger partial charge is 0.252 e. The standard InChI is InChI=1S/C28H45N5O4Si2/c1-27(2,3)38(7,8)34-17-21-20(37-39(9,10)28(4,5)6)16-22(36-21)33-18-30-23-24(33)31-26(29)32-25(23)35-19-14-12-11-13-15-19/h11-15,18,20-22H,16-17H2,1-10H3,(H2,29,31,32)/t20-,21+,22+/m0/s1. The molecule has 2 N–H and O–H groups in total. The van der Waals surface area contributed by atoms with Crippen molar-refractivity contribution in [1.82, 2.24) is 19.5 Å². The van der Waals surface area contributed by atoms with Gasteiger partial charge in [-0.15, -0.1) is 0 Å². The topological polar surface area (TPSA) is 107 Å². The molecule has 3 atom stereocenters. The van der Waals surface area contributed by atoms with Crippen molar-refractivity contribution in [2.45, 2.75) is 103 Å². The molecule has 0 bridgehead atoms. The first-order chi connectivity index (χ1) is 18.0. The van der Waals surface area contributed by atoms with E-state index in [1.165, 1.54) is 0 Å². The maximum absolute atomic E-state index is 6.93. The SMILES string of the molecule is CC(C)(C)[Si](C)(C)OC[C@H]1O[C@@H](n2cnc3c(Oc4ccccc4)nc(N)nc32)C[C@@H]1O[Si](C)(C)C(C)(C)C. The molecule has 0 unspecified atom stereocenters. The molecule has 2 aromatic heterocycles. The van der Waals surface area contributed by atoms with Crippen molar-refractivity contribution in [2.24, 2.45) is 0 Å². The zero-order chi connectivity index (χ0) is 28.8. The largest absolute Gasteiger partial charge is 0.437 e. The highest BCUT2D eigenvalue weighted by atomic mass is 28.4. The maximum atomic E-state index is 6.93. The fourth-order valence-corrected chi connectivity index (χ4v) is 6.37. The van der Waals surface area contributed by atoms with Gasteiger partial charge in [0.05, 0.1) is 19.0 Å². The number of rotatable bonds is 8. The van der Waals surface area contributed by atoms with Crippen molar-refractivity contribution >= 4 is 33.7 Å². The summed E-state index contributed by atoms with van der Waals surface area (Å²) in [6.07, 6.45) is 1.72. The molecular formula is C28H45N5O4Si2. The summed E-state index contributed by atoms with van der Waals surface area (Å²) < 4.78 is 28.2. The van der Waals surface area contributed by atoms with Crippen molar-refractivity contribution in [3.05, 3.63) is 36.7 Å². The first-order valence-corrected chi connectivity index (χ1v) is 19.5. The molecule has 9 nitrogen and oxygen atoms in total. The van der Waals surface area contributed by atoms with Crippen LogP contribution in [0.3, 0.4) is 0 Å². The quantitative estimate of drug-likeness (QED) is 0.291. The molecular weight excluding hydrogens is 527 g/mol. The highest BCUT2D eigenvalue weighted by Gasteiger charge is 2.47. The van der Waals surface area contributed by atoms with Gasteiger partial charge in [-0.1, -0.05) is 59.7 Å². The Morgan fingerprint density at radius 1 is 0.974 bits per heavy atom. The van der Waals surface area contributed by atoms with E-state index < -0.39 is 16.6 Å². The van der Waals surface area contributed by atoms with E-state index in [-0.39, 0.29) is 34.5 Å². The molecule has 39 heavy (non-hydrogen) atoms. The van der Waals surface area contributed by atoms with Crippen LogP contribution in [0.4, 0.5) is 5.95 Å². The third-order valence-corrected chi connectivity index (χ3v) is 17.5. The Balaban J connectivity index is 1.64. The zero-order valence-electron chi connectivity index (χ0n) is 25.1. The van der Waals surface area contributed by atoms with Crippen molar-refractivity contribution in [2.75, 3.05) is 12.3 Å². The minimum absolute atomic E-state index is 0.0724. The number of hydrogen-bond donors (Lipinski definition) is 1. The minimum atomic E-state index is -2.07. The Hall–Kier alpha value is -2.32. The number of hydrogen-bond acceptors (Lipinski definition) is 8. The van der Waals surface area contributed by atoms with Crippen LogP contribution >= 0.6 is 0 Å². The lowest BCUT2D eigenvalue weighted by atomic mass is 10.2. The van der Waals surface area contributed by atoms with Crippen LogP contribution in [0.15, 0.2) is 36.7 Å². The van der Waals surface area contributed by atoms with Gasteiger partial charge in [0.15, 0.2) is 27.8 Å². The number of anilines is 1. The summed E-state index contributed by atoms with van der Waals surface area (Å²) in [7, 11) is -4.05. The molecule has 4 rings (SSSR count). The van der Waals surface area contributed by atoms with Crippen molar-refractivity contribution in [3.63, 3.8) is 0 Å². The normalized spacial score (nSPS) is 21.0. The number of nitrogens with two attached hydrogens (primary N) is 1. The number of nitrogen functional groups attached to an aromatic ring is 1. The van der Waals surface area contributed by atoms with Gasteiger partial charge in [-0.2, -0.15) is 9.97 Å². The fraction of sp³-hybridized carbons (Fsp3) is 0.607. The summed E-state index contributed by atoms with van der Waals surface area (Å²) in [6.45, 7) is 23.1. The number of fused-ring (bicyclic) bond motifs is 1. The van der Waals surface area contributed by atoms with Crippen LogP contribution in [0.5, 0.6) is 11.6 Å². The predicted molar refractivity (Wildman–Crippen MR) is 160 cm³/mol. The van der Waals surface area contributed by atoms with E-state index >= 15 is 0 Å². The van der Waals surface area contributed by atoms with E-state index in [2.05, 4.69) is 82.7 Å². The van der Waals surface area contributed by atoms with Gasteiger partial charge in [-0.25, -0.2) is 4.98 Å². The average molecular weight is 572 g/mol. The van der Waals surface area contributed by atoms with Crippen LogP contribution in [0.2, 0.25) is 36.3 Å². The van der Waals surface area contributed by atoms with E-state index in [1.54, 1.807) is 6.33 Å². The second kappa shape index (κ2) is 10.6. The molecule has 1 fully saturated rings. The highest BCUT2D eigenvalue weighted by molar-refractivity contribution is 6.74. The number of nitrogens with zero attached hydrogens (tertiary/aromatic N) is 4. The van der Waals surface area contributed by atoms with Gasteiger partial charge < -0.3 is 24.1 Å². The van der Waals surface area contributed by atoms with Crippen LogP contribution in [-0.4, -0.2) is 55.0 Å². The van der Waals surface area contributed by atoms with Crippen molar-refractivity contribution in [1.29, 1.82) is 0 Å². The predicted octanol–water partition coefficient (Wildman–Crippen LogP) is 6.90. The molecule has 1 aliphatic heterocycles. The number of imidazole rings is 1. The van der Waals surface area contributed by atoms with Gasteiger partial charge in [0, 0.05) is 6.42 Å². The average Bonchev–Trinajstić information content (AvgIpc) is 3.40. The van der Waals surface area contributed by atoms with E-state index in [9.17, 15) is 0 Å². The molecule has 214 valence electrons. The third-order valence-electron chi connectivity index (χ3n) is 8.52. The Morgan fingerprint density at radius 2 is 1.62 bits per heavy atom. The van der Waals surface area contributed by atoms with Crippen LogP contribution in [0, 0.1) is 0 Å². The first-order valence-electron chi connectivity index (χ1n) is 13.7. The summed E-state index contributed by atoms with van der Waals surface area (Å²) in [5, 5.41) is 0.175. The Morgan fingerprint density at radius 3 is 2.23 bits per heavy atom. The number of benzene rings is 1. The second-order valence-electron chi connectivity index (χ2n) is 13.5. The lowest BCUT2D eigenvalue weighted by Gasteiger charge is -2.40. The van der Waals surface area contributed by atoms with Crippen molar-refractivity contribution in [3.8, 4) is 11.6 Å². The maximum Gasteiger partial charge on any atom is 0.252 e. The summed E-state index contributed by atoms with van der Waals surface area (Å²) in [4.78, 5) is 13.4. The van der Waals surface area contributed by atoms with E-state index in [0.717, 1.165) is 0 Å². The van der Waals surface area contributed by atoms with Gasteiger partial charge in [-0.3, -0.25) is 4.57 Å². The van der Waals surface area contributed by atoms with Gasteiger partial charge in [0.1, 0.15) is 18.1 Å². The molecule has 11 heteroatoms. The number of ether oxygens (including phenoxy) is 2. The van der Waals surface area contributed by atoms with Crippen LogP contribution in [0.25, 0.3) is 11.2 Å². The molecule has 0 saturated carbocycles. The molecule has 1 aliphatic rings. The molecule has 1 aromatic carbocycles. The Labute approximate surface area is 234 Å². The first kappa shape index (κ1) is 29.7. The molecule has 0 radical (unpaired) electrons. The third kappa shape index (κ3) is 6.38. The van der Waals surface area contributed by atoms with Crippen LogP contribution in [-0.2, 0) is 13.6 Å². The Bertz CT molecular complexity index is 1280. The number of aromatic nitrogens is 4. The Kier molecular flexibility index (Phi) is 8.05. The van der Waals surface area contributed by atoms with Crippen LogP contribution in [0.1, 0.15) is 54.2 Å². The number of para-hydroxylation sites is 1. The fourth-order valence-electron chi connectivity index (χ4n) is 4.00. The molecule has 3 aromatic rings. The van der Waals surface area contributed by atoms with E-state index in [0.29, 0.717) is 35.8 Å². The lowest BCUT2D eigenvalue weighted by Crippen LogP contribution is -2.48. The second-order valence-corrected chi connectivity index (χ2v) is 23.0. The molecule has 1 saturated heterocycles. The van der Waals surface area contributed by atoms with Gasteiger partial charge in [0.2, 0.25) is 5.95 Å². The van der Waals surface area contributed by atoms with Crippen molar-refractivity contribution < 1.29 is 18.3 Å². The van der Waals surface area contributed by atoms with Gasteiger partial charge in [-0.05, 0) is 48.4 Å². The summed E-state index contributed by atoms with van der Waals surface area (Å²) in [5.74, 6) is 1.07. The lowest BCUT2D eigenvalue weighted by molar-refractivity contribution is -0.0383. The molecule has 0 spiro atoms. The van der Waals surface area contributed by atoms with Gasteiger partial charge in [0.25, 0.3) is 5.88 Å². The summed E-state index contributed by atoms with van der Waals surface area (Å²) in [5.41, 5.74) is 7.20. The van der Waals surface area contributed by atoms with E-state index in [4.69, 9.17) is 24.1 Å². The minimum Gasteiger partial charge on any atom is -0.437 e. The zero-order valence-corrected chi connectivity index (χ0v) is 27.1. The summed E-state index contributed by atoms with van der Waals surface area (Å²) >= 11 is 0. The van der Waals surface area contributed by atoms with E-state index in [1.807, 2.05) is 34.9 Å². The molecule has 0 amide bonds. The summed E-state index contributed by atoms with van der Waals surface area (Å²) in [6, 6.07) is 9.44. The highest BCUT2D eigenvalue weighted by Crippen LogP contribution is 2.43. The molecule has 0 aliphatic carbocycles.